The Kier molecular flexibility index (Phi) is 5.83. The molecular weight excluding hydrogens is 431 g/mol. The van der Waals surface area contributed by atoms with Crippen LogP contribution >= 0.6 is 38.5 Å². The highest BCUT2D eigenvalue weighted by Crippen LogP contribution is 2.28. The molecular formula is C15H16BrIN2O. The summed E-state index contributed by atoms with van der Waals surface area (Å²) >= 11 is 5.82. The third-order valence-corrected chi connectivity index (χ3v) is 4.40. The van der Waals surface area contributed by atoms with Crippen LogP contribution < -0.4 is 16.0 Å². The van der Waals surface area contributed by atoms with Crippen molar-refractivity contribution in [3.8, 4) is 5.75 Å². The summed E-state index contributed by atoms with van der Waals surface area (Å²) in [6.45, 7) is 0. The summed E-state index contributed by atoms with van der Waals surface area (Å²) in [5.41, 5.74) is 5.27. The van der Waals surface area contributed by atoms with Crippen LogP contribution in [0.2, 0.25) is 0 Å². The highest BCUT2D eigenvalue weighted by atomic mass is 127. The zero-order valence-corrected chi connectivity index (χ0v) is 14.8. The monoisotopic (exact) mass is 446 g/mol. The Bertz CT molecular complexity index is 592. The normalized spacial score (nSPS) is 12.2. The minimum absolute atomic E-state index is 0.0880. The Balaban J connectivity index is 2.20. The third kappa shape index (κ3) is 3.94. The summed E-state index contributed by atoms with van der Waals surface area (Å²) in [7, 11) is 1.66. The Hall–Kier alpha value is -0.630. The van der Waals surface area contributed by atoms with Gasteiger partial charge >= 0.3 is 0 Å². The van der Waals surface area contributed by atoms with Crippen molar-refractivity contribution in [1.82, 2.24) is 5.43 Å². The first-order valence-corrected chi connectivity index (χ1v) is 8.05. The second-order valence-electron chi connectivity index (χ2n) is 4.45. The topological polar surface area (TPSA) is 47.3 Å². The lowest BCUT2D eigenvalue weighted by molar-refractivity contribution is 0.412. The van der Waals surface area contributed by atoms with E-state index in [1.807, 2.05) is 12.1 Å². The second-order valence-corrected chi connectivity index (χ2v) is 6.55. The molecule has 2 aromatic rings. The van der Waals surface area contributed by atoms with E-state index >= 15 is 0 Å². The lowest BCUT2D eigenvalue weighted by Gasteiger charge is -2.17. The van der Waals surface area contributed by atoms with Gasteiger partial charge in [-0.25, -0.2) is 0 Å². The molecule has 2 aromatic carbocycles. The zero-order chi connectivity index (χ0) is 14.5. The van der Waals surface area contributed by atoms with Gasteiger partial charge in [-0.3, -0.25) is 11.3 Å². The van der Waals surface area contributed by atoms with E-state index in [4.69, 9.17) is 10.6 Å². The molecule has 0 saturated heterocycles. The van der Waals surface area contributed by atoms with E-state index in [0.29, 0.717) is 0 Å². The Morgan fingerprint density at radius 3 is 2.70 bits per heavy atom. The van der Waals surface area contributed by atoms with Crippen LogP contribution in [0.25, 0.3) is 0 Å². The van der Waals surface area contributed by atoms with Crippen LogP contribution in [0.4, 0.5) is 0 Å². The predicted octanol–water partition coefficient (Wildman–Crippen LogP) is 3.81. The average molecular weight is 447 g/mol. The van der Waals surface area contributed by atoms with E-state index in [1.165, 1.54) is 14.7 Å². The summed E-state index contributed by atoms with van der Waals surface area (Å²) in [5, 5.41) is 0. The first-order chi connectivity index (χ1) is 9.63. The Labute approximate surface area is 141 Å². The molecule has 1 atom stereocenters. The van der Waals surface area contributed by atoms with Gasteiger partial charge in [0.2, 0.25) is 0 Å². The molecule has 3 N–H and O–H groups in total. The molecule has 20 heavy (non-hydrogen) atoms. The molecule has 0 aliphatic heterocycles. The van der Waals surface area contributed by atoms with Crippen LogP contribution in [0.15, 0.2) is 46.9 Å². The summed E-state index contributed by atoms with van der Waals surface area (Å²) in [4.78, 5) is 0. The summed E-state index contributed by atoms with van der Waals surface area (Å²) in [6, 6.07) is 14.5. The standard InChI is InChI=1S/C15H16BrIN2O/c1-20-15-6-5-10(7-13(15)16)8-14(19-18)11-3-2-4-12(17)9-11/h2-7,9,14,19H,8,18H2,1H3. The molecule has 5 heteroatoms. The van der Waals surface area contributed by atoms with Gasteiger partial charge in [0, 0.05) is 3.57 Å². The smallest absolute Gasteiger partial charge is 0.133 e. The predicted molar refractivity (Wildman–Crippen MR) is 93.6 cm³/mol. The third-order valence-electron chi connectivity index (χ3n) is 3.11. The van der Waals surface area contributed by atoms with E-state index in [1.54, 1.807) is 7.11 Å². The highest BCUT2D eigenvalue weighted by Gasteiger charge is 2.12. The maximum absolute atomic E-state index is 5.71. The van der Waals surface area contributed by atoms with Crippen LogP contribution in [0, 0.1) is 3.57 Å². The maximum atomic E-state index is 5.71. The molecule has 0 spiro atoms. The lowest BCUT2D eigenvalue weighted by atomic mass is 9.99. The van der Waals surface area contributed by atoms with Gasteiger partial charge < -0.3 is 4.74 Å². The first kappa shape index (κ1) is 15.8. The summed E-state index contributed by atoms with van der Waals surface area (Å²) in [6.07, 6.45) is 0.819. The molecule has 106 valence electrons. The minimum atomic E-state index is 0.0880. The number of hydrogen-bond acceptors (Lipinski definition) is 3. The number of nitrogens with one attached hydrogen (secondary N) is 1. The quantitative estimate of drug-likeness (QED) is 0.417. The first-order valence-electron chi connectivity index (χ1n) is 6.18. The summed E-state index contributed by atoms with van der Waals surface area (Å²) in [5.74, 6) is 6.54. The van der Waals surface area contributed by atoms with Crippen molar-refractivity contribution in [3.63, 3.8) is 0 Å². The number of nitrogens with two attached hydrogens (primary N) is 1. The maximum Gasteiger partial charge on any atom is 0.133 e. The number of rotatable bonds is 5. The van der Waals surface area contributed by atoms with Crippen LogP contribution in [0.1, 0.15) is 17.2 Å². The second kappa shape index (κ2) is 7.40. The number of benzene rings is 2. The van der Waals surface area contributed by atoms with Gasteiger partial charge in [-0.1, -0.05) is 18.2 Å². The fraction of sp³-hybridized carbons (Fsp3) is 0.200. The van der Waals surface area contributed by atoms with Crippen molar-refractivity contribution in [2.24, 2.45) is 5.84 Å². The number of methoxy groups -OCH3 is 1. The molecule has 0 bridgehead atoms. The number of halogens is 2. The van der Waals surface area contributed by atoms with Crippen molar-refractivity contribution in [1.29, 1.82) is 0 Å². The van der Waals surface area contributed by atoms with Crippen molar-refractivity contribution in [2.75, 3.05) is 7.11 Å². The van der Waals surface area contributed by atoms with Crippen molar-refractivity contribution in [3.05, 3.63) is 61.6 Å². The SMILES string of the molecule is COc1ccc(CC(NN)c2cccc(I)c2)cc1Br. The van der Waals surface area contributed by atoms with Gasteiger partial charge in [0.25, 0.3) is 0 Å². The van der Waals surface area contributed by atoms with E-state index in [-0.39, 0.29) is 6.04 Å². The number of hydrazine groups is 1. The van der Waals surface area contributed by atoms with Gasteiger partial charge in [-0.2, -0.15) is 0 Å². The van der Waals surface area contributed by atoms with Crippen molar-refractivity contribution < 1.29 is 4.74 Å². The Morgan fingerprint density at radius 2 is 2.10 bits per heavy atom. The molecule has 0 aliphatic carbocycles. The van der Waals surface area contributed by atoms with Gasteiger partial charge in [0.05, 0.1) is 17.6 Å². The molecule has 0 radical (unpaired) electrons. The van der Waals surface area contributed by atoms with Crippen LogP contribution in [-0.2, 0) is 6.42 Å². The number of hydrogen-bond donors (Lipinski definition) is 2. The van der Waals surface area contributed by atoms with Crippen molar-refractivity contribution >= 4 is 38.5 Å². The lowest BCUT2D eigenvalue weighted by Crippen LogP contribution is -2.29. The molecule has 3 nitrogen and oxygen atoms in total. The average Bonchev–Trinajstić information content (AvgIpc) is 2.45. The van der Waals surface area contributed by atoms with Crippen LogP contribution in [0.5, 0.6) is 5.75 Å². The van der Waals surface area contributed by atoms with E-state index in [9.17, 15) is 0 Å². The van der Waals surface area contributed by atoms with Crippen LogP contribution in [0.3, 0.4) is 0 Å². The molecule has 0 heterocycles. The number of ether oxygens (including phenoxy) is 1. The van der Waals surface area contributed by atoms with E-state index in [0.717, 1.165) is 16.6 Å². The highest BCUT2D eigenvalue weighted by molar-refractivity contribution is 14.1. The molecule has 0 saturated carbocycles. The summed E-state index contributed by atoms with van der Waals surface area (Å²) < 4.78 is 7.40. The van der Waals surface area contributed by atoms with Gasteiger partial charge in [-0.05, 0) is 80.3 Å². The minimum Gasteiger partial charge on any atom is -0.496 e. The fourth-order valence-corrected chi connectivity index (χ4v) is 3.22. The fourth-order valence-electron chi connectivity index (χ4n) is 2.07. The molecule has 1 unspecified atom stereocenters. The van der Waals surface area contributed by atoms with E-state index < -0.39 is 0 Å². The molecule has 0 amide bonds. The van der Waals surface area contributed by atoms with Gasteiger partial charge in [-0.15, -0.1) is 0 Å². The van der Waals surface area contributed by atoms with Gasteiger partial charge in [0.1, 0.15) is 5.75 Å². The van der Waals surface area contributed by atoms with Crippen LogP contribution in [-0.4, -0.2) is 7.11 Å². The van der Waals surface area contributed by atoms with Gasteiger partial charge in [0.15, 0.2) is 0 Å². The Morgan fingerprint density at radius 1 is 1.30 bits per heavy atom. The molecule has 0 aromatic heterocycles. The molecule has 0 fully saturated rings. The van der Waals surface area contributed by atoms with E-state index in [2.05, 4.69) is 74.3 Å². The molecule has 0 aliphatic rings. The zero-order valence-electron chi connectivity index (χ0n) is 11.1. The molecule has 2 rings (SSSR count). The van der Waals surface area contributed by atoms with Crippen molar-refractivity contribution in [2.45, 2.75) is 12.5 Å². The largest absolute Gasteiger partial charge is 0.496 e.